The van der Waals surface area contributed by atoms with Gasteiger partial charge in [0.25, 0.3) is 0 Å². The number of hydrogen-bond donors (Lipinski definition) is 8. The van der Waals surface area contributed by atoms with Gasteiger partial charge in [0, 0.05) is 43.4 Å². The van der Waals surface area contributed by atoms with Crippen LogP contribution in [0.25, 0.3) is 0 Å². The van der Waals surface area contributed by atoms with E-state index in [1.54, 1.807) is 43.9 Å². The molecule has 0 aliphatic rings. The van der Waals surface area contributed by atoms with Crippen molar-refractivity contribution >= 4 is 23.0 Å². The number of Topliss-reactive ketones (excluding diaryl/α,β-unsaturated/α-hetero) is 3. The SMILES string of the molecule is CC(C)(C)c1cc(CCC(=O)c2[nH]ccc2CO)cc(C(C)(C)C)c1O.CC(C)(C)c1cc(CCC(=O)c2[nH]ccc2N)cc(C(C)(C)C)c1O.COc1cc[nH]c1C(=O)CCc1cc(C(C)(C)C)c(O)c(C(C)(C)C)c1. The van der Waals surface area contributed by atoms with Gasteiger partial charge in [-0.15, -0.1) is 0 Å². The molecule has 0 saturated heterocycles. The Morgan fingerprint density at radius 2 is 0.714 bits per heavy atom. The van der Waals surface area contributed by atoms with E-state index in [0.717, 1.165) is 50.1 Å². The van der Waals surface area contributed by atoms with Crippen LogP contribution in [0, 0.1) is 0 Å². The second-order valence-corrected chi connectivity index (χ2v) is 26.7. The number of H-pyrrole nitrogens is 3. The minimum atomic E-state index is -0.187. The summed E-state index contributed by atoms with van der Waals surface area (Å²) < 4.78 is 5.22. The first-order chi connectivity index (χ1) is 35.3. The van der Waals surface area contributed by atoms with Gasteiger partial charge in [0.2, 0.25) is 0 Å². The van der Waals surface area contributed by atoms with E-state index in [1.807, 2.05) is 36.4 Å². The third-order valence-corrected chi connectivity index (χ3v) is 13.8. The number of nitrogens with one attached hydrogen (secondary N) is 3. The standard InChI is InChI=1S/2C22H31NO3.C21H30N2O2/c1-21(2,3)15-12-14(13-16(20(15)25)22(4,5)6)8-9-17(24)19-18(26-7)10-11-23-19;1-21(2,3)16-11-14(12-17(20(16)26)22(4,5)6)7-8-18(25)19-15(13-24)9-10-23-19;1-20(2,3)14-11-13(12-15(19(14)25)21(4,5)6)7-8-17(24)18-16(22)9-10-23-18/h10-13,23,25H,8-9H2,1-7H3;9-12,23-24,26H,7-8,13H2,1-6H3;9-12,23,25H,7-8,22H2,1-6H3. The number of methoxy groups -OCH3 is 1. The number of aryl methyl sites for hydroxylation is 3. The number of ether oxygens (including phenoxy) is 1. The van der Waals surface area contributed by atoms with Gasteiger partial charge in [0.1, 0.15) is 34.4 Å². The Hall–Kier alpha value is -6.53. The first-order valence-electron chi connectivity index (χ1n) is 26.9. The lowest BCUT2D eigenvalue weighted by molar-refractivity contribution is 0.0967. The number of aliphatic hydroxyl groups excluding tert-OH is 1. The topological polar surface area (TPSA) is 215 Å². The predicted molar refractivity (Wildman–Crippen MR) is 314 cm³/mol. The summed E-state index contributed by atoms with van der Waals surface area (Å²) in [6, 6.07) is 17.3. The van der Waals surface area contributed by atoms with Crippen LogP contribution >= 0.6 is 0 Å². The van der Waals surface area contributed by atoms with Crippen molar-refractivity contribution in [3.63, 3.8) is 0 Å². The average molecular weight is 1060 g/mol. The van der Waals surface area contributed by atoms with Gasteiger partial charge in [-0.25, -0.2) is 0 Å². The number of anilines is 1. The molecule has 12 heteroatoms. The van der Waals surface area contributed by atoms with E-state index >= 15 is 0 Å². The molecule has 6 rings (SSSR count). The highest BCUT2D eigenvalue weighted by atomic mass is 16.5. The summed E-state index contributed by atoms with van der Waals surface area (Å²) in [5, 5.41) is 41.7. The van der Waals surface area contributed by atoms with Gasteiger partial charge in [-0.3, -0.25) is 14.4 Å². The fourth-order valence-electron chi connectivity index (χ4n) is 9.25. The van der Waals surface area contributed by atoms with Gasteiger partial charge in [-0.2, -0.15) is 0 Å². The van der Waals surface area contributed by atoms with Crippen LogP contribution in [0.2, 0.25) is 0 Å². The Labute approximate surface area is 459 Å². The number of nitrogen functional groups attached to an aromatic ring is 1. The third-order valence-electron chi connectivity index (χ3n) is 13.8. The second kappa shape index (κ2) is 24.4. The van der Waals surface area contributed by atoms with Crippen molar-refractivity contribution in [1.82, 2.24) is 15.0 Å². The van der Waals surface area contributed by atoms with E-state index in [2.05, 4.69) is 140 Å². The lowest BCUT2D eigenvalue weighted by Gasteiger charge is -2.28. The molecule has 3 aromatic heterocycles. The number of aromatic hydroxyl groups is 3. The lowest BCUT2D eigenvalue weighted by Crippen LogP contribution is -2.18. The van der Waals surface area contributed by atoms with Crippen molar-refractivity contribution < 1.29 is 39.5 Å². The van der Waals surface area contributed by atoms with E-state index in [9.17, 15) is 34.8 Å². The van der Waals surface area contributed by atoms with E-state index in [-0.39, 0.29) is 56.4 Å². The highest BCUT2D eigenvalue weighted by molar-refractivity contribution is 5.99. The molecule has 12 nitrogen and oxygen atoms in total. The number of phenolic OH excluding ortho intramolecular Hbond substituents is 3. The molecule has 0 spiro atoms. The molecule has 0 atom stereocenters. The second-order valence-electron chi connectivity index (χ2n) is 26.7. The highest BCUT2D eigenvalue weighted by Gasteiger charge is 2.30. The van der Waals surface area contributed by atoms with E-state index in [0.29, 0.717) is 89.9 Å². The number of aliphatic hydroxyl groups is 1. The average Bonchev–Trinajstić information content (AvgIpc) is 4.10. The molecule has 3 aromatic carbocycles. The van der Waals surface area contributed by atoms with Crippen molar-refractivity contribution in [3.05, 3.63) is 146 Å². The summed E-state index contributed by atoms with van der Waals surface area (Å²) in [7, 11) is 1.56. The smallest absolute Gasteiger partial charge is 0.183 e. The van der Waals surface area contributed by atoms with E-state index in [1.165, 1.54) is 0 Å². The number of phenols is 3. The molecule has 0 fully saturated rings. The van der Waals surface area contributed by atoms with Crippen LogP contribution in [-0.2, 0) is 58.4 Å². The highest BCUT2D eigenvalue weighted by Crippen LogP contribution is 2.43. The summed E-state index contributed by atoms with van der Waals surface area (Å²) in [5.41, 5.74) is 16.0. The van der Waals surface area contributed by atoms with Gasteiger partial charge in [0.15, 0.2) is 17.3 Å². The van der Waals surface area contributed by atoms with Crippen molar-refractivity contribution in [2.75, 3.05) is 12.8 Å². The van der Waals surface area contributed by atoms with Crippen LogP contribution < -0.4 is 10.5 Å². The van der Waals surface area contributed by atoms with Gasteiger partial charge < -0.3 is 45.8 Å². The Balaban J connectivity index is 0.000000249. The number of aromatic nitrogens is 3. The van der Waals surface area contributed by atoms with Gasteiger partial charge in [-0.1, -0.05) is 161 Å². The molecule has 77 heavy (non-hydrogen) atoms. The van der Waals surface area contributed by atoms with Crippen LogP contribution in [0.4, 0.5) is 5.69 Å². The van der Waals surface area contributed by atoms with Crippen molar-refractivity contribution in [3.8, 4) is 23.0 Å². The molecular formula is C65H92N4O8. The summed E-state index contributed by atoms with van der Waals surface area (Å²) >= 11 is 0. The molecule has 0 saturated carbocycles. The molecule has 3 heterocycles. The molecule has 0 unspecified atom stereocenters. The molecular weight excluding hydrogens is 965 g/mol. The zero-order valence-electron chi connectivity index (χ0n) is 49.9. The predicted octanol–water partition coefficient (Wildman–Crippen LogP) is 14.5. The van der Waals surface area contributed by atoms with Crippen LogP contribution in [0.5, 0.6) is 23.0 Å². The molecule has 0 aliphatic heterocycles. The Kier molecular flexibility index (Phi) is 20.0. The quantitative estimate of drug-likeness (QED) is 0.0487. The van der Waals surface area contributed by atoms with Crippen LogP contribution in [0.15, 0.2) is 73.2 Å². The first kappa shape index (κ1) is 63.0. The minimum absolute atomic E-state index is 0.00481. The van der Waals surface area contributed by atoms with Gasteiger partial charge in [-0.05, 0) is 120 Å². The van der Waals surface area contributed by atoms with Gasteiger partial charge >= 0.3 is 0 Å². The molecule has 0 bridgehead atoms. The summed E-state index contributed by atoms with van der Waals surface area (Å²) in [6.45, 7) is 37.4. The normalized spacial score (nSPS) is 12.4. The summed E-state index contributed by atoms with van der Waals surface area (Å²) in [4.78, 5) is 46.2. The number of carbonyl (C=O) groups excluding carboxylic acids is 3. The Bertz CT molecular complexity index is 2750. The van der Waals surface area contributed by atoms with Crippen LogP contribution in [-0.4, -0.2) is 59.8 Å². The fourth-order valence-corrected chi connectivity index (χ4v) is 9.25. The minimum Gasteiger partial charge on any atom is -0.507 e. The van der Waals surface area contributed by atoms with Crippen molar-refractivity contribution in [2.45, 2.75) is 202 Å². The number of benzene rings is 3. The molecule has 9 N–H and O–H groups in total. The Morgan fingerprint density at radius 3 is 1.00 bits per heavy atom. The first-order valence-corrected chi connectivity index (χ1v) is 26.9. The number of carbonyl (C=O) groups is 3. The molecule has 6 aromatic rings. The molecule has 420 valence electrons. The monoisotopic (exact) mass is 1060 g/mol. The number of aromatic amines is 3. The molecule has 0 aliphatic carbocycles. The van der Waals surface area contributed by atoms with E-state index in [4.69, 9.17) is 10.5 Å². The largest absolute Gasteiger partial charge is 0.507 e. The Morgan fingerprint density at radius 1 is 0.442 bits per heavy atom. The lowest BCUT2D eigenvalue weighted by atomic mass is 9.78. The van der Waals surface area contributed by atoms with Crippen LogP contribution in [0.3, 0.4) is 0 Å². The number of nitrogens with two attached hydrogens (primary N) is 1. The summed E-state index contributed by atoms with van der Waals surface area (Å²) in [5.74, 6) is 1.68. The summed E-state index contributed by atoms with van der Waals surface area (Å²) in [6.07, 6.45) is 8.00. The van der Waals surface area contributed by atoms with E-state index < -0.39 is 0 Å². The zero-order valence-corrected chi connectivity index (χ0v) is 49.9. The number of rotatable bonds is 14. The van der Waals surface area contributed by atoms with Gasteiger partial charge in [0.05, 0.1) is 25.1 Å². The van der Waals surface area contributed by atoms with Crippen LogP contribution in [0.1, 0.15) is 231 Å². The van der Waals surface area contributed by atoms with Crippen molar-refractivity contribution in [1.29, 1.82) is 0 Å². The number of hydrogen-bond acceptors (Lipinski definition) is 9. The zero-order chi connectivity index (χ0) is 58.4. The maximum Gasteiger partial charge on any atom is 0.183 e. The maximum absolute atomic E-state index is 12.5. The maximum atomic E-state index is 12.5. The molecule has 0 radical (unpaired) electrons. The number of ketones is 3. The third kappa shape index (κ3) is 16.5. The fraction of sp³-hybridized carbons (Fsp3) is 0.492. The van der Waals surface area contributed by atoms with Crippen molar-refractivity contribution in [2.24, 2.45) is 0 Å². The molecule has 0 amide bonds.